The van der Waals surface area contributed by atoms with Crippen molar-refractivity contribution in [1.29, 1.82) is 0 Å². The van der Waals surface area contributed by atoms with Crippen LogP contribution in [0.1, 0.15) is 22.4 Å². The SMILES string of the molecule is Cc1cn2c([C@@H]3N=C(N)Nc4nc5ccccc5n43)c(C)nc2s1. The third kappa shape index (κ3) is 1.74. The second kappa shape index (κ2) is 4.57. The van der Waals surface area contributed by atoms with Gasteiger partial charge in [-0.1, -0.05) is 12.1 Å². The van der Waals surface area contributed by atoms with E-state index in [1.54, 1.807) is 11.3 Å². The molecule has 0 saturated carbocycles. The van der Waals surface area contributed by atoms with Crippen LogP contribution in [-0.4, -0.2) is 24.9 Å². The third-order valence-corrected chi connectivity index (χ3v) is 5.15. The first-order valence-electron chi connectivity index (χ1n) is 7.64. The Balaban J connectivity index is 1.84. The number of benzene rings is 1. The quantitative estimate of drug-likeness (QED) is 0.559. The maximum atomic E-state index is 6.03. The van der Waals surface area contributed by atoms with Crippen LogP contribution in [0.4, 0.5) is 5.95 Å². The first-order valence-corrected chi connectivity index (χ1v) is 8.46. The Morgan fingerprint density at radius 1 is 1.21 bits per heavy atom. The van der Waals surface area contributed by atoms with E-state index in [0.29, 0.717) is 11.9 Å². The molecule has 8 heteroatoms. The number of hydrogen-bond donors (Lipinski definition) is 2. The van der Waals surface area contributed by atoms with Gasteiger partial charge in [-0.25, -0.2) is 15.0 Å². The summed E-state index contributed by atoms with van der Waals surface area (Å²) in [6.07, 6.45) is 1.81. The maximum Gasteiger partial charge on any atom is 0.212 e. The molecule has 0 spiro atoms. The zero-order chi connectivity index (χ0) is 16.4. The molecule has 0 fully saturated rings. The Bertz CT molecular complexity index is 1130. The van der Waals surface area contributed by atoms with Crippen LogP contribution in [0.25, 0.3) is 16.0 Å². The van der Waals surface area contributed by atoms with E-state index in [1.807, 2.05) is 31.2 Å². The van der Waals surface area contributed by atoms with Gasteiger partial charge in [-0.3, -0.25) is 14.3 Å². The molecule has 5 rings (SSSR count). The smallest absolute Gasteiger partial charge is 0.212 e. The second-order valence-corrected chi connectivity index (χ2v) is 7.10. The lowest BCUT2D eigenvalue weighted by Crippen LogP contribution is -2.32. The molecule has 24 heavy (non-hydrogen) atoms. The van der Waals surface area contributed by atoms with E-state index in [-0.39, 0.29) is 6.17 Å². The van der Waals surface area contributed by atoms with Gasteiger partial charge in [0.05, 0.1) is 22.4 Å². The van der Waals surface area contributed by atoms with E-state index >= 15 is 0 Å². The van der Waals surface area contributed by atoms with Gasteiger partial charge in [0.2, 0.25) is 5.95 Å². The second-order valence-electron chi connectivity index (χ2n) is 5.88. The van der Waals surface area contributed by atoms with Gasteiger partial charge >= 0.3 is 0 Å². The van der Waals surface area contributed by atoms with Gasteiger partial charge in [-0.05, 0) is 26.0 Å². The summed E-state index contributed by atoms with van der Waals surface area (Å²) in [6, 6.07) is 8.02. The van der Waals surface area contributed by atoms with Crippen LogP contribution < -0.4 is 11.1 Å². The summed E-state index contributed by atoms with van der Waals surface area (Å²) in [4.78, 5) is 16.2. The summed E-state index contributed by atoms with van der Waals surface area (Å²) >= 11 is 1.67. The molecule has 7 nitrogen and oxygen atoms in total. The number of imidazole rings is 2. The fraction of sp³-hybridized carbons (Fsp3) is 0.188. The van der Waals surface area contributed by atoms with Crippen LogP contribution in [0.3, 0.4) is 0 Å². The van der Waals surface area contributed by atoms with Crippen LogP contribution in [0.15, 0.2) is 35.5 Å². The van der Waals surface area contributed by atoms with Gasteiger partial charge in [0.1, 0.15) is 0 Å². The van der Waals surface area contributed by atoms with Gasteiger partial charge in [0.25, 0.3) is 0 Å². The molecule has 0 unspecified atom stereocenters. The number of aryl methyl sites for hydroxylation is 2. The molecule has 120 valence electrons. The fourth-order valence-corrected chi connectivity index (χ4v) is 4.17. The highest BCUT2D eigenvalue weighted by molar-refractivity contribution is 7.17. The Morgan fingerprint density at radius 3 is 2.92 bits per heavy atom. The number of aliphatic imine (C=N–C) groups is 1. The van der Waals surface area contributed by atoms with E-state index in [4.69, 9.17) is 5.73 Å². The molecule has 0 saturated heterocycles. The van der Waals surface area contributed by atoms with Crippen molar-refractivity contribution in [2.45, 2.75) is 20.0 Å². The first-order chi connectivity index (χ1) is 11.6. The lowest BCUT2D eigenvalue weighted by Gasteiger charge is -2.23. The number of nitrogens with one attached hydrogen (secondary N) is 1. The van der Waals surface area contributed by atoms with E-state index in [9.17, 15) is 0 Å². The zero-order valence-corrected chi connectivity index (χ0v) is 14.0. The van der Waals surface area contributed by atoms with E-state index in [2.05, 4.69) is 42.4 Å². The summed E-state index contributed by atoms with van der Waals surface area (Å²) in [7, 11) is 0. The molecule has 3 N–H and O–H groups in total. The average Bonchev–Trinajstić information content (AvgIpc) is 3.15. The van der Waals surface area contributed by atoms with E-state index in [1.165, 1.54) is 4.88 Å². The molecule has 1 aromatic carbocycles. The van der Waals surface area contributed by atoms with Crippen LogP contribution in [0, 0.1) is 13.8 Å². The maximum absolute atomic E-state index is 6.03. The highest BCUT2D eigenvalue weighted by Crippen LogP contribution is 2.35. The van der Waals surface area contributed by atoms with E-state index in [0.717, 1.165) is 27.4 Å². The lowest BCUT2D eigenvalue weighted by atomic mass is 10.2. The van der Waals surface area contributed by atoms with Crippen molar-refractivity contribution in [1.82, 2.24) is 18.9 Å². The predicted octanol–water partition coefficient (Wildman–Crippen LogP) is 2.65. The zero-order valence-electron chi connectivity index (χ0n) is 13.2. The molecule has 0 aliphatic carbocycles. The minimum Gasteiger partial charge on any atom is -0.370 e. The molecular formula is C16H15N7S. The number of hydrogen-bond acceptors (Lipinski definition) is 6. The summed E-state index contributed by atoms with van der Waals surface area (Å²) in [5.74, 6) is 1.07. The highest BCUT2D eigenvalue weighted by atomic mass is 32.1. The average molecular weight is 337 g/mol. The topological polar surface area (TPSA) is 85.5 Å². The van der Waals surface area contributed by atoms with Crippen LogP contribution in [0.5, 0.6) is 0 Å². The Hall–Kier alpha value is -2.87. The van der Waals surface area contributed by atoms with Crippen molar-refractivity contribution in [2.24, 2.45) is 10.7 Å². The number of nitrogens with two attached hydrogens (primary N) is 1. The molecule has 4 heterocycles. The molecule has 1 aliphatic heterocycles. The predicted molar refractivity (Wildman–Crippen MR) is 95.7 cm³/mol. The fourth-order valence-electron chi connectivity index (χ4n) is 3.29. The molecular weight excluding hydrogens is 322 g/mol. The largest absolute Gasteiger partial charge is 0.370 e. The minimum absolute atomic E-state index is 0.294. The van der Waals surface area contributed by atoms with Crippen molar-refractivity contribution in [3.8, 4) is 0 Å². The highest BCUT2D eigenvalue weighted by Gasteiger charge is 2.29. The Kier molecular flexibility index (Phi) is 2.58. The van der Waals surface area contributed by atoms with Crippen molar-refractivity contribution >= 4 is 39.2 Å². The molecule has 0 radical (unpaired) electrons. The van der Waals surface area contributed by atoms with Crippen LogP contribution in [0.2, 0.25) is 0 Å². The third-order valence-electron chi connectivity index (χ3n) is 4.25. The summed E-state index contributed by atoms with van der Waals surface area (Å²) in [5, 5.41) is 3.07. The van der Waals surface area contributed by atoms with Crippen molar-refractivity contribution in [3.05, 3.63) is 46.7 Å². The monoisotopic (exact) mass is 337 g/mol. The number of anilines is 1. The van der Waals surface area contributed by atoms with Crippen molar-refractivity contribution < 1.29 is 0 Å². The van der Waals surface area contributed by atoms with Gasteiger partial charge in [0, 0.05) is 11.1 Å². The minimum atomic E-state index is -0.294. The van der Waals surface area contributed by atoms with Gasteiger partial charge in [-0.2, -0.15) is 0 Å². The number of guanidine groups is 1. The summed E-state index contributed by atoms with van der Waals surface area (Å²) < 4.78 is 4.19. The molecule has 0 amide bonds. The van der Waals surface area contributed by atoms with Gasteiger partial charge in [0.15, 0.2) is 17.1 Å². The Labute approximate surface area is 141 Å². The van der Waals surface area contributed by atoms with Gasteiger partial charge < -0.3 is 5.73 Å². The van der Waals surface area contributed by atoms with Crippen LogP contribution in [-0.2, 0) is 0 Å². The summed E-state index contributed by atoms with van der Waals surface area (Å²) in [5.41, 5.74) is 9.92. The normalized spacial score (nSPS) is 17.1. The van der Waals surface area contributed by atoms with Crippen molar-refractivity contribution in [3.63, 3.8) is 0 Å². The van der Waals surface area contributed by atoms with Crippen LogP contribution >= 0.6 is 11.3 Å². The standard InChI is InChI=1S/C16H15N7S/c1-8-7-22-12(9(2)18-16(22)24-8)13-20-14(17)21-15-19-10-5-3-4-6-11(10)23(13)15/h3-7,13H,1-2H3,(H3,17,19,20,21)/t13-/m1/s1. The first kappa shape index (κ1) is 13.6. The molecule has 3 aromatic heterocycles. The number of nitrogens with zero attached hydrogens (tertiary/aromatic N) is 5. The number of thiazole rings is 1. The number of rotatable bonds is 1. The summed E-state index contributed by atoms with van der Waals surface area (Å²) in [6.45, 7) is 4.09. The number of fused-ring (bicyclic) bond motifs is 4. The molecule has 1 atom stereocenters. The van der Waals surface area contributed by atoms with Crippen molar-refractivity contribution in [2.75, 3.05) is 5.32 Å². The molecule has 4 aromatic rings. The van der Waals surface area contributed by atoms with Gasteiger partial charge in [-0.15, -0.1) is 11.3 Å². The molecule has 1 aliphatic rings. The number of para-hydroxylation sites is 2. The Morgan fingerprint density at radius 2 is 2.04 bits per heavy atom. The lowest BCUT2D eigenvalue weighted by molar-refractivity contribution is 0.600. The molecule has 0 bridgehead atoms. The number of aromatic nitrogens is 4. The van der Waals surface area contributed by atoms with E-state index < -0.39 is 0 Å².